The first-order valence-electron chi connectivity index (χ1n) is 8.17. The molecule has 5 nitrogen and oxygen atoms in total. The fraction of sp³-hybridized carbons (Fsp3) is 0.588. The Morgan fingerprint density at radius 3 is 2.68 bits per heavy atom. The van der Waals surface area contributed by atoms with Gasteiger partial charge in [0.05, 0.1) is 6.10 Å². The van der Waals surface area contributed by atoms with Crippen molar-refractivity contribution >= 4 is 5.91 Å². The molecule has 22 heavy (non-hydrogen) atoms. The molecule has 2 N–H and O–H groups in total. The van der Waals surface area contributed by atoms with Crippen LogP contribution < -0.4 is 15.4 Å². The smallest absolute Gasteiger partial charge is 0.251 e. The van der Waals surface area contributed by atoms with E-state index >= 15 is 0 Å². The van der Waals surface area contributed by atoms with Crippen molar-refractivity contribution < 1.29 is 14.3 Å². The van der Waals surface area contributed by atoms with Gasteiger partial charge in [0.15, 0.2) is 0 Å². The predicted octanol–water partition coefficient (Wildman–Crippen LogP) is 1.73. The number of carbonyl (C=O) groups excluding carboxylic acids is 1. The summed E-state index contributed by atoms with van der Waals surface area (Å²) in [5.41, 5.74) is 0.683. The van der Waals surface area contributed by atoms with E-state index in [1.165, 1.54) is 0 Å². The molecule has 1 aromatic carbocycles. The lowest BCUT2D eigenvalue weighted by molar-refractivity contribution is 0.0679. The first-order chi connectivity index (χ1) is 10.8. The van der Waals surface area contributed by atoms with E-state index in [2.05, 4.69) is 10.6 Å². The van der Waals surface area contributed by atoms with Gasteiger partial charge in [-0.1, -0.05) is 0 Å². The van der Waals surface area contributed by atoms with E-state index in [9.17, 15) is 4.79 Å². The number of benzene rings is 1. The van der Waals surface area contributed by atoms with Gasteiger partial charge in [-0.15, -0.1) is 0 Å². The molecule has 2 aliphatic heterocycles. The zero-order valence-corrected chi connectivity index (χ0v) is 12.8. The van der Waals surface area contributed by atoms with Crippen LogP contribution in [0.5, 0.6) is 5.75 Å². The van der Waals surface area contributed by atoms with E-state index in [0.717, 1.165) is 51.1 Å². The molecule has 2 heterocycles. The molecule has 0 radical (unpaired) electrons. The first-order valence-corrected chi connectivity index (χ1v) is 8.17. The van der Waals surface area contributed by atoms with Crippen molar-refractivity contribution in [3.63, 3.8) is 0 Å². The van der Waals surface area contributed by atoms with Crippen LogP contribution in [-0.4, -0.2) is 44.4 Å². The van der Waals surface area contributed by atoms with Gasteiger partial charge in [-0.05, 0) is 63.0 Å². The number of ether oxygens (including phenoxy) is 2. The molecule has 0 aromatic heterocycles. The van der Waals surface area contributed by atoms with Crippen LogP contribution in [0.2, 0.25) is 0 Å². The van der Waals surface area contributed by atoms with Crippen molar-refractivity contribution in [3.8, 4) is 5.75 Å². The van der Waals surface area contributed by atoms with Gasteiger partial charge in [0.25, 0.3) is 5.91 Å². The average Bonchev–Trinajstić information content (AvgIpc) is 3.08. The van der Waals surface area contributed by atoms with E-state index < -0.39 is 0 Å². The van der Waals surface area contributed by atoms with Crippen molar-refractivity contribution in [3.05, 3.63) is 29.8 Å². The van der Waals surface area contributed by atoms with E-state index in [1.807, 2.05) is 24.3 Å². The number of piperidine rings is 1. The Morgan fingerprint density at radius 2 is 2.00 bits per heavy atom. The Hall–Kier alpha value is -1.59. The zero-order chi connectivity index (χ0) is 15.2. The topological polar surface area (TPSA) is 59.6 Å². The molecule has 3 rings (SSSR count). The Morgan fingerprint density at radius 1 is 1.23 bits per heavy atom. The summed E-state index contributed by atoms with van der Waals surface area (Å²) < 4.78 is 11.2. The SMILES string of the molecule is O=C(NC1CCNCC1)c1ccc(OCC2CCCO2)cc1. The van der Waals surface area contributed by atoms with Gasteiger partial charge in [0, 0.05) is 18.2 Å². The van der Waals surface area contributed by atoms with Gasteiger partial charge >= 0.3 is 0 Å². The van der Waals surface area contributed by atoms with Crippen molar-refractivity contribution in [2.75, 3.05) is 26.3 Å². The second-order valence-electron chi connectivity index (χ2n) is 5.97. The molecule has 1 unspecified atom stereocenters. The molecule has 1 aromatic rings. The molecular weight excluding hydrogens is 280 g/mol. The summed E-state index contributed by atoms with van der Waals surface area (Å²) in [6.45, 7) is 3.37. The summed E-state index contributed by atoms with van der Waals surface area (Å²) in [6, 6.07) is 7.63. The van der Waals surface area contributed by atoms with Crippen LogP contribution in [0.4, 0.5) is 0 Å². The second kappa shape index (κ2) is 7.61. The Balaban J connectivity index is 1.48. The maximum Gasteiger partial charge on any atom is 0.251 e. The van der Waals surface area contributed by atoms with E-state index in [4.69, 9.17) is 9.47 Å². The van der Waals surface area contributed by atoms with Crippen LogP contribution in [0.25, 0.3) is 0 Å². The maximum atomic E-state index is 12.2. The third-order valence-electron chi connectivity index (χ3n) is 4.25. The van der Waals surface area contributed by atoms with E-state index in [-0.39, 0.29) is 18.1 Å². The third-order valence-corrected chi connectivity index (χ3v) is 4.25. The molecule has 0 aliphatic carbocycles. The molecular formula is C17H24N2O3. The van der Waals surface area contributed by atoms with E-state index in [0.29, 0.717) is 12.2 Å². The van der Waals surface area contributed by atoms with Gasteiger partial charge < -0.3 is 20.1 Å². The highest BCUT2D eigenvalue weighted by atomic mass is 16.5. The number of nitrogens with one attached hydrogen (secondary N) is 2. The molecule has 2 fully saturated rings. The van der Waals surface area contributed by atoms with Crippen LogP contribution in [0.1, 0.15) is 36.0 Å². The van der Waals surface area contributed by atoms with Crippen LogP contribution in [0, 0.1) is 0 Å². The van der Waals surface area contributed by atoms with Gasteiger partial charge in [0.2, 0.25) is 0 Å². The Kier molecular flexibility index (Phi) is 5.29. The molecule has 0 bridgehead atoms. The Labute approximate surface area is 131 Å². The number of hydrogen-bond donors (Lipinski definition) is 2. The van der Waals surface area contributed by atoms with Gasteiger partial charge in [-0.3, -0.25) is 4.79 Å². The minimum Gasteiger partial charge on any atom is -0.491 e. The maximum absolute atomic E-state index is 12.2. The van der Waals surface area contributed by atoms with Gasteiger partial charge in [-0.25, -0.2) is 0 Å². The van der Waals surface area contributed by atoms with Crippen LogP contribution in [-0.2, 0) is 4.74 Å². The van der Waals surface area contributed by atoms with Crippen LogP contribution >= 0.6 is 0 Å². The lowest BCUT2D eigenvalue weighted by Gasteiger charge is -2.23. The fourth-order valence-corrected chi connectivity index (χ4v) is 2.90. The molecule has 120 valence electrons. The lowest BCUT2D eigenvalue weighted by atomic mass is 10.1. The molecule has 1 amide bonds. The average molecular weight is 304 g/mol. The van der Waals surface area contributed by atoms with Gasteiger partial charge in [0.1, 0.15) is 12.4 Å². The summed E-state index contributed by atoms with van der Waals surface area (Å²) in [4.78, 5) is 12.2. The second-order valence-corrected chi connectivity index (χ2v) is 5.97. The first kappa shape index (κ1) is 15.3. The summed E-state index contributed by atoms with van der Waals surface area (Å²) in [5, 5.41) is 6.39. The van der Waals surface area contributed by atoms with Crippen molar-refractivity contribution in [1.82, 2.24) is 10.6 Å². The van der Waals surface area contributed by atoms with Crippen molar-refractivity contribution in [1.29, 1.82) is 0 Å². The summed E-state index contributed by atoms with van der Waals surface area (Å²) in [5.74, 6) is 0.784. The molecule has 2 saturated heterocycles. The third kappa shape index (κ3) is 4.21. The highest BCUT2D eigenvalue weighted by Crippen LogP contribution is 2.17. The summed E-state index contributed by atoms with van der Waals surface area (Å²) >= 11 is 0. The highest BCUT2D eigenvalue weighted by molar-refractivity contribution is 5.94. The molecule has 2 aliphatic rings. The molecule has 5 heteroatoms. The van der Waals surface area contributed by atoms with Crippen LogP contribution in [0.3, 0.4) is 0 Å². The van der Waals surface area contributed by atoms with E-state index in [1.54, 1.807) is 0 Å². The standard InChI is InChI=1S/C17H24N2O3/c20-17(19-14-7-9-18-10-8-14)13-3-5-15(6-4-13)22-12-16-2-1-11-21-16/h3-6,14,16,18H,1-2,7-12H2,(H,19,20). The number of hydrogen-bond acceptors (Lipinski definition) is 4. The summed E-state index contributed by atoms with van der Waals surface area (Å²) in [6.07, 6.45) is 4.38. The minimum absolute atomic E-state index is 0.00224. The van der Waals surface area contributed by atoms with Crippen LogP contribution in [0.15, 0.2) is 24.3 Å². The van der Waals surface area contributed by atoms with Gasteiger partial charge in [-0.2, -0.15) is 0 Å². The normalized spacial score (nSPS) is 22.5. The number of carbonyl (C=O) groups is 1. The summed E-state index contributed by atoms with van der Waals surface area (Å²) in [7, 11) is 0. The molecule has 0 spiro atoms. The number of amides is 1. The quantitative estimate of drug-likeness (QED) is 0.870. The van der Waals surface area contributed by atoms with Crippen molar-refractivity contribution in [2.45, 2.75) is 37.8 Å². The van der Waals surface area contributed by atoms with Crippen molar-refractivity contribution in [2.24, 2.45) is 0 Å². The molecule has 1 atom stereocenters. The molecule has 0 saturated carbocycles. The highest BCUT2D eigenvalue weighted by Gasteiger charge is 2.17. The number of rotatable bonds is 5. The fourth-order valence-electron chi connectivity index (χ4n) is 2.90. The lowest BCUT2D eigenvalue weighted by Crippen LogP contribution is -2.42. The largest absolute Gasteiger partial charge is 0.491 e. The predicted molar refractivity (Wildman–Crippen MR) is 84.3 cm³/mol. The zero-order valence-electron chi connectivity index (χ0n) is 12.8. The Bertz CT molecular complexity index is 477. The monoisotopic (exact) mass is 304 g/mol. The minimum atomic E-state index is -0.00224.